The molecular weight excluding hydrogens is 669 g/mol. The van der Waals surface area contributed by atoms with Crippen LogP contribution in [0.1, 0.15) is 168 Å². The predicted octanol–water partition coefficient (Wildman–Crippen LogP) is 10.0. The molecule has 0 saturated carbocycles. The molecule has 3 unspecified atom stereocenters. The van der Waals surface area contributed by atoms with E-state index in [4.69, 9.17) is 23.3 Å². The number of esters is 2. The fourth-order valence-corrected chi connectivity index (χ4v) is 6.58. The van der Waals surface area contributed by atoms with Crippen LogP contribution >= 0.6 is 7.82 Å². The lowest BCUT2D eigenvalue weighted by molar-refractivity contribution is -0.870. The van der Waals surface area contributed by atoms with Gasteiger partial charge in [-0.2, -0.15) is 0 Å². The molecule has 0 radical (unpaired) electrons. The highest BCUT2D eigenvalue weighted by Gasteiger charge is 2.36. The van der Waals surface area contributed by atoms with Gasteiger partial charge in [0.15, 0.2) is 6.10 Å². The third kappa shape index (κ3) is 30.8. The summed E-state index contributed by atoms with van der Waals surface area (Å²) in [6.07, 6.45) is 29.9. The van der Waals surface area contributed by atoms with Crippen LogP contribution in [0.15, 0.2) is 12.2 Å². The maximum absolute atomic E-state index is 12.6. The summed E-state index contributed by atoms with van der Waals surface area (Å²) in [6, 6.07) is 0. The SMILES string of the molecule is CCCCC/C=C\CC1OC1CCCCCCCC(=O)OC[C@H](COP(=O)(O)OCC[N+](C)(C)C)OC(=O)CCCCCCCCCCCCC. The third-order valence-corrected chi connectivity index (χ3v) is 10.2. The molecule has 10 nitrogen and oxygen atoms in total. The van der Waals surface area contributed by atoms with E-state index in [1.807, 2.05) is 21.1 Å². The lowest BCUT2D eigenvalue weighted by Gasteiger charge is -2.24. The van der Waals surface area contributed by atoms with Crippen LogP contribution in [0.4, 0.5) is 0 Å². The van der Waals surface area contributed by atoms with Crippen LogP contribution in [-0.2, 0) is 37.4 Å². The number of unbranched alkanes of at least 4 members (excludes halogenated alkanes) is 17. The maximum Gasteiger partial charge on any atom is 0.472 e. The van der Waals surface area contributed by atoms with Crippen molar-refractivity contribution in [1.29, 1.82) is 0 Å². The number of carbonyl (C=O) groups excluding carboxylic acids is 2. The van der Waals surface area contributed by atoms with E-state index in [1.165, 1.54) is 77.0 Å². The van der Waals surface area contributed by atoms with Crippen molar-refractivity contribution in [1.82, 2.24) is 0 Å². The second-order valence-corrected chi connectivity index (χ2v) is 16.9. The van der Waals surface area contributed by atoms with Crippen molar-refractivity contribution >= 4 is 19.8 Å². The fraction of sp³-hybridized carbons (Fsp3) is 0.900. The van der Waals surface area contributed by atoms with Crippen LogP contribution in [0, 0.1) is 0 Å². The number of epoxide rings is 1. The van der Waals surface area contributed by atoms with Gasteiger partial charge < -0.3 is 23.6 Å². The van der Waals surface area contributed by atoms with Crippen LogP contribution < -0.4 is 0 Å². The Hall–Kier alpha value is -1.29. The number of likely N-dealkylation sites (N-methyl/N-ethyl adjacent to an activating group) is 1. The highest BCUT2D eigenvalue weighted by atomic mass is 31.2. The summed E-state index contributed by atoms with van der Waals surface area (Å²) in [7, 11) is 1.46. The molecule has 0 amide bonds. The zero-order valence-electron chi connectivity index (χ0n) is 33.3. The molecule has 4 atom stereocenters. The highest BCUT2D eigenvalue weighted by Crippen LogP contribution is 2.43. The molecule has 0 spiro atoms. The molecule has 1 aliphatic heterocycles. The zero-order chi connectivity index (χ0) is 37.6. The van der Waals surface area contributed by atoms with E-state index in [2.05, 4.69) is 26.0 Å². The molecule has 0 bridgehead atoms. The van der Waals surface area contributed by atoms with Gasteiger partial charge in [0.2, 0.25) is 0 Å². The summed E-state index contributed by atoms with van der Waals surface area (Å²) >= 11 is 0. The number of ether oxygens (including phenoxy) is 3. The molecule has 0 aromatic carbocycles. The first kappa shape index (κ1) is 47.7. The molecular formula is C40H77NO9P+. The van der Waals surface area contributed by atoms with Crippen molar-refractivity contribution in [2.45, 2.75) is 186 Å². The summed E-state index contributed by atoms with van der Waals surface area (Å²) in [4.78, 5) is 35.3. The van der Waals surface area contributed by atoms with Crippen molar-refractivity contribution in [2.24, 2.45) is 0 Å². The highest BCUT2D eigenvalue weighted by molar-refractivity contribution is 7.47. The molecule has 11 heteroatoms. The van der Waals surface area contributed by atoms with Crippen LogP contribution in [0.5, 0.6) is 0 Å². The zero-order valence-corrected chi connectivity index (χ0v) is 34.2. The first-order chi connectivity index (χ1) is 24.5. The molecule has 0 aromatic rings. The van der Waals surface area contributed by atoms with Crippen molar-refractivity contribution in [2.75, 3.05) is 47.5 Å². The standard InChI is InChI=1S/C40H76NO9P/c1-6-8-10-12-14-15-16-17-18-22-27-31-40(43)49-36(35-48-51(44,45)47-33-32-41(3,4)5)34-46-39(42)30-26-23-19-21-25-29-38-37(50-38)28-24-20-13-11-9-7-2/h20,24,36-38H,6-19,21-23,25-35H2,1-5H3/p+1/b24-20-/t36-,37?,38?/m1/s1. The van der Waals surface area contributed by atoms with E-state index in [1.54, 1.807) is 0 Å². The van der Waals surface area contributed by atoms with Gasteiger partial charge in [-0.05, 0) is 38.5 Å². The average molecular weight is 747 g/mol. The van der Waals surface area contributed by atoms with Crippen LogP contribution in [0.3, 0.4) is 0 Å². The van der Waals surface area contributed by atoms with E-state index in [-0.39, 0.29) is 32.0 Å². The van der Waals surface area contributed by atoms with Crippen LogP contribution in [-0.4, -0.2) is 87.1 Å². The molecule has 1 fully saturated rings. The van der Waals surface area contributed by atoms with Gasteiger partial charge in [0.05, 0.1) is 40.0 Å². The quantitative estimate of drug-likeness (QED) is 0.0167. The van der Waals surface area contributed by atoms with Gasteiger partial charge in [0.1, 0.15) is 19.8 Å². The summed E-state index contributed by atoms with van der Waals surface area (Å²) in [5.41, 5.74) is 0. The number of nitrogens with zero attached hydrogens (tertiary/aromatic N) is 1. The molecule has 0 aliphatic carbocycles. The Morgan fingerprint density at radius 1 is 0.706 bits per heavy atom. The lowest BCUT2D eigenvalue weighted by Crippen LogP contribution is -2.37. The van der Waals surface area contributed by atoms with Crippen LogP contribution in [0.25, 0.3) is 0 Å². The molecule has 1 rings (SSSR count). The Morgan fingerprint density at radius 2 is 1.25 bits per heavy atom. The van der Waals surface area contributed by atoms with E-state index in [0.717, 1.165) is 57.8 Å². The average Bonchev–Trinajstić information content (AvgIpc) is 3.83. The third-order valence-electron chi connectivity index (χ3n) is 9.22. The second-order valence-electron chi connectivity index (χ2n) is 15.4. The summed E-state index contributed by atoms with van der Waals surface area (Å²) in [6.45, 7) is 4.35. The Bertz CT molecular complexity index is 955. The fourth-order valence-electron chi connectivity index (χ4n) is 5.84. The van der Waals surface area contributed by atoms with Gasteiger partial charge in [0.25, 0.3) is 0 Å². The number of hydrogen-bond donors (Lipinski definition) is 1. The number of hydrogen-bond acceptors (Lipinski definition) is 8. The Labute approximate surface area is 311 Å². The normalized spacial score (nSPS) is 17.8. The molecule has 1 heterocycles. The smallest absolute Gasteiger partial charge is 0.462 e. The first-order valence-corrected chi connectivity index (χ1v) is 22.0. The van der Waals surface area contributed by atoms with Gasteiger partial charge in [0, 0.05) is 12.8 Å². The minimum Gasteiger partial charge on any atom is -0.462 e. The van der Waals surface area contributed by atoms with Gasteiger partial charge in [-0.1, -0.05) is 129 Å². The molecule has 51 heavy (non-hydrogen) atoms. The van der Waals surface area contributed by atoms with E-state index in [9.17, 15) is 19.0 Å². The monoisotopic (exact) mass is 747 g/mol. The topological polar surface area (TPSA) is 121 Å². The van der Waals surface area contributed by atoms with Crippen LogP contribution in [0.2, 0.25) is 0 Å². The van der Waals surface area contributed by atoms with Crippen molar-refractivity contribution < 1.29 is 46.8 Å². The number of quaternary nitrogens is 1. The lowest BCUT2D eigenvalue weighted by atomic mass is 10.1. The molecule has 0 aromatic heterocycles. The minimum absolute atomic E-state index is 0.0291. The van der Waals surface area contributed by atoms with Gasteiger partial charge in [-0.25, -0.2) is 4.57 Å². The molecule has 1 N–H and O–H groups in total. The van der Waals surface area contributed by atoms with Gasteiger partial charge in [-0.15, -0.1) is 0 Å². The van der Waals surface area contributed by atoms with Gasteiger partial charge in [-0.3, -0.25) is 18.6 Å². The summed E-state index contributed by atoms with van der Waals surface area (Å²) in [5.74, 6) is -0.819. The number of allylic oxidation sites excluding steroid dienone is 1. The summed E-state index contributed by atoms with van der Waals surface area (Å²) in [5, 5.41) is 0. The van der Waals surface area contributed by atoms with Crippen molar-refractivity contribution in [3.8, 4) is 0 Å². The van der Waals surface area contributed by atoms with E-state index < -0.39 is 26.5 Å². The molecule has 1 saturated heterocycles. The number of phosphoric ester groups is 1. The number of phosphoric acid groups is 1. The van der Waals surface area contributed by atoms with Crippen molar-refractivity contribution in [3.63, 3.8) is 0 Å². The van der Waals surface area contributed by atoms with E-state index >= 15 is 0 Å². The minimum atomic E-state index is -4.37. The first-order valence-electron chi connectivity index (χ1n) is 20.5. The van der Waals surface area contributed by atoms with E-state index in [0.29, 0.717) is 29.7 Å². The number of carbonyl (C=O) groups is 2. The second kappa shape index (κ2) is 30.1. The summed E-state index contributed by atoms with van der Waals surface area (Å²) < 4.78 is 40.0. The predicted molar refractivity (Wildman–Crippen MR) is 205 cm³/mol. The largest absolute Gasteiger partial charge is 0.472 e. The Balaban J connectivity index is 2.30. The molecule has 1 aliphatic rings. The van der Waals surface area contributed by atoms with Crippen molar-refractivity contribution in [3.05, 3.63) is 12.2 Å². The maximum atomic E-state index is 12.6. The Kier molecular flexibility index (Phi) is 28.2. The molecule has 300 valence electrons. The van der Waals surface area contributed by atoms with Gasteiger partial charge >= 0.3 is 19.8 Å². The number of rotatable bonds is 36. The Morgan fingerprint density at radius 3 is 1.86 bits per heavy atom.